The normalized spacial score (nSPS) is 12.8. The van der Waals surface area contributed by atoms with Gasteiger partial charge in [0.15, 0.2) is 0 Å². The van der Waals surface area contributed by atoms with Crippen molar-refractivity contribution in [3.05, 3.63) is 34.6 Å². The van der Waals surface area contributed by atoms with Gasteiger partial charge in [0, 0.05) is 17.1 Å². The van der Waals surface area contributed by atoms with Gasteiger partial charge >= 0.3 is 0 Å². The van der Waals surface area contributed by atoms with Crippen LogP contribution in [0, 0.1) is 0 Å². The number of benzene rings is 1. The second-order valence-corrected chi connectivity index (χ2v) is 5.88. The fourth-order valence-electron chi connectivity index (χ4n) is 1.94. The van der Waals surface area contributed by atoms with Crippen LogP contribution in [0.2, 0.25) is 0 Å². The van der Waals surface area contributed by atoms with Gasteiger partial charge in [-0.3, -0.25) is 0 Å². The molecule has 0 aliphatic carbocycles. The molecule has 6 heteroatoms. The number of nitrogens with one attached hydrogen (secondary N) is 1. The van der Waals surface area contributed by atoms with Gasteiger partial charge in [-0.1, -0.05) is 12.1 Å². The topological polar surface area (TPSA) is 54.2 Å². The first-order chi connectivity index (χ1) is 9.56. The third kappa shape index (κ3) is 4.13. The molecular weight excluding hydrogens is 320 g/mol. The molecule has 2 aromatic rings. The lowest BCUT2D eigenvalue weighted by molar-refractivity contribution is 0.339. The van der Waals surface area contributed by atoms with E-state index in [2.05, 4.69) is 57.4 Å². The highest BCUT2D eigenvalue weighted by atomic mass is 79.9. The van der Waals surface area contributed by atoms with E-state index >= 15 is 0 Å². The van der Waals surface area contributed by atoms with Gasteiger partial charge in [-0.25, -0.2) is 0 Å². The molecular formula is C14H19BrN4O. The lowest BCUT2D eigenvalue weighted by Gasteiger charge is -2.17. The van der Waals surface area contributed by atoms with Crippen molar-refractivity contribution in [1.29, 1.82) is 0 Å². The maximum Gasteiger partial charge on any atom is 0.248 e. The van der Waals surface area contributed by atoms with E-state index in [4.69, 9.17) is 4.42 Å². The van der Waals surface area contributed by atoms with Crippen molar-refractivity contribution in [2.75, 3.05) is 20.6 Å². The van der Waals surface area contributed by atoms with Crippen LogP contribution in [0.4, 0.5) is 0 Å². The summed E-state index contributed by atoms with van der Waals surface area (Å²) in [6.45, 7) is 3.67. The molecule has 0 bridgehead atoms. The van der Waals surface area contributed by atoms with Crippen molar-refractivity contribution in [1.82, 2.24) is 20.4 Å². The molecule has 0 fully saturated rings. The third-order valence-electron chi connectivity index (χ3n) is 2.81. The standard InChI is InChI=1S/C14H19BrN4O/c1-10(9-19(2)3)16-8-13-17-18-14(20-13)11-6-4-5-7-12(11)15/h4-7,10,16H,8-9H2,1-3H3. The summed E-state index contributed by atoms with van der Waals surface area (Å²) in [6.07, 6.45) is 0. The van der Waals surface area contributed by atoms with Gasteiger partial charge < -0.3 is 14.6 Å². The number of aromatic nitrogens is 2. The highest BCUT2D eigenvalue weighted by Crippen LogP contribution is 2.26. The monoisotopic (exact) mass is 338 g/mol. The van der Waals surface area contributed by atoms with Crippen LogP contribution in [0.1, 0.15) is 12.8 Å². The summed E-state index contributed by atoms with van der Waals surface area (Å²) in [5.74, 6) is 1.14. The molecule has 1 heterocycles. The molecule has 5 nitrogen and oxygen atoms in total. The lowest BCUT2D eigenvalue weighted by atomic mass is 10.2. The average molecular weight is 339 g/mol. The van der Waals surface area contributed by atoms with Crippen LogP contribution in [-0.4, -0.2) is 41.8 Å². The zero-order chi connectivity index (χ0) is 14.5. The molecule has 0 aliphatic heterocycles. The first-order valence-corrected chi connectivity index (χ1v) is 7.31. The molecule has 1 aromatic carbocycles. The highest BCUT2D eigenvalue weighted by Gasteiger charge is 2.12. The molecule has 0 aliphatic rings. The summed E-state index contributed by atoms with van der Waals surface area (Å²) in [5.41, 5.74) is 0.910. The maximum absolute atomic E-state index is 5.68. The largest absolute Gasteiger partial charge is 0.419 e. The Balaban J connectivity index is 1.98. The van der Waals surface area contributed by atoms with Crippen LogP contribution in [0.25, 0.3) is 11.5 Å². The minimum absolute atomic E-state index is 0.365. The Morgan fingerprint density at radius 1 is 1.30 bits per heavy atom. The highest BCUT2D eigenvalue weighted by molar-refractivity contribution is 9.10. The van der Waals surface area contributed by atoms with E-state index in [9.17, 15) is 0 Å². The van der Waals surface area contributed by atoms with Gasteiger partial charge in [0.05, 0.1) is 12.1 Å². The minimum Gasteiger partial charge on any atom is -0.419 e. The smallest absolute Gasteiger partial charge is 0.248 e. The summed E-state index contributed by atoms with van der Waals surface area (Å²) in [7, 11) is 4.10. The molecule has 1 unspecified atom stereocenters. The first kappa shape index (κ1) is 15.2. The van der Waals surface area contributed by atoms with Crippen LogP contribution in [0.15, 0.2) is 33.2 Å². The Hall–Kier alpha value is -1.24. The van der Waals surface area contributed by atoms with Crippen molar-refractivity contribution in [3.63, 3.8) is 0 Å². The van der Waals surface area contributed by atoms with E-state index in [0.717, 1.165) is 16.6 Å². The van der Waals surface area contributed by atoms with Crippen LogP contribution in [0.5, 0.6) is 0 Å². The Bertz CT molecular complexity index is 556. The van der Waals surface area contributed by atoms with Gasteiger partial charge in [-0.2, -0.15) is 0 Å². The van der Waals surface area contributed by atoms with Gasteiger partial charge in [-0.05, 0) is 49.1 Å². The predicted octanol–water partition coefficient (Wildman–Crippen LogP) is 2.54. The number of hydrogen-bond donors (Lipinski definition) is 1. The quantitative estimate of drug-likeness (QED) is 0.877. The summed E-state index contributed by atoms with van der Waals surface area (Å²) in [4.78, 5) is 2.14. The molecule has 0 spiro atoms. The third-order valence-corrected chi connectivity index (χ3v) is 3.50. The average Bonchev–Trinajstić information content (AvgIpc) is 2.85. The molecule has 2 rings (SSSR count). The molecule has 0 saturated heterocycles. The first-order valence-electron chi connectivity index (χ1n) is 6.51. The van der Waals surface area contributed by atoms with E-state index in [1.807, 2.05) is 24.3 Å². The number of halogens is 1. The van der Waals surface area contributed by atoms with Crippen molar-refractivity contribution in [2.24, 2.45) is 0 Å². The van der Waals surface area contributed by atoms with Crippen LogP contribution in [0.3, 0.4) is 0 Å². The fraction of sp³-hybridized carbons (Fsp3) is 0.429. The van der Waals surface area contributed by atoms with Gasteiger partial charge in [0.1, 0.15) is 0 Å². The van der Waals surface area contributed by atoms with Crippen molar-refractivity contribution >= 4 is 15.9 Å². The number of likely N-dealkylation sites (N-methyl/N-ethyl adjacent to an activating group) is 1. The van der Waals surface area contributed by atoms with E-state index in [0.29, 0.717) is 24.4 Å². The second-order valence-electron chi connectivity index (χ2n) is 5.02. The van der Waals surface area contributed by atoms with Crippen LogP contribution < -0.4 is 5.32 Å². The summed E-state index contributed by atoms with van der Waals surface area (Å²) in [5, 5.41) is 11.5. The molecule has 0 amide bonds. The Labute approximate surface area is 127 Å². The Morgan fingerprint density at radius 2 is 2.05 bits per heavy atom. The summed E-state index contributed by atoms with van der Waals surface area (Å²) in [6, 6.07) is 8.17. The second kappa shape index (κ2) is 6.97. The molecule has 1 aromatic heterocycles. The molecule has 0 saturated carbocycles. The maximum atomic E-state index is 5.68. The summed E-state index contributed by atoms with van der Waals surface area (Å²) < 4.78 is 6.63. The molecule has 108 valence electrons. The van der Waals surface area contributed by atoms with Crippen molar-refractivity contribution in [3.8, 4) is 11.5 Å². The lowest BCUT2D eigenvalue weighted by Crippen LogP contribution is -2.35. The summed E-state index contributed by atoms with van der Waals surface area (Å²) >= 11 is 3.48. The van der Waals surface area contributed by atoms with Crippen molar-refractivity contribution in [2.45, 2.75) is 19.5 Å². The zero-order valence-electron chi connectivity index (χ0n) is 11.9. The molecule has 1 atom stereocenters. The van der Waals surface area contributed by atoms with E-state index in [1.54, 1.807) is 0 Å². The number of rotatable bonds is 6. The Morgan fingerprint density at radius 3 is 2.75 bits per heavy atom. The van der Waals surface area contributed by atoms with Gasteiger partial charge in [0.2, 0.25) is 11.8 Å². The van der Waals surface area contributed by atoms with Crippen molar-refractivity contribution < 1.29 is 4.42 Å². The Kier molecular flexibility index (Phi) is 5.28. The van der Waals surface area contributed by atoms with Crippen LogP contribution in [-0.2, 0) is 6.54 Å². The van der Waals surface area contributed by atoms with E-state index < -0.39 is 0 Å². The van der Waals surface area contributed by atoms with Crippen LogP contribution >= 0.6 is 15.9 Å². The zero-order valence-corrected chi connectivity index (χ0v) is 13.5. The molecule has 0 radical (unpaired) electrons. The minimum atomic E-state index is 0.365. The number of hydrogen-bond acceptors (Lipinski definition) is 5. The van der Waals surface area contributed by atoms with E-state index in [1.165, 1.54) is 0 Å². The SMILES string of the molecule is CC(CN(C)C)NCc1nnc(-c2ccccc2Br)o1. The van der Waals surface area contributed by atoms with E-state index in [-0.39, 0.29) is 0 Å². The number of nitrogens with zero attached hydrogens (tertiary/aromatic N) is 3. The fourth-order valence-corrected chi connectivity index (χ4v) is 2.40. The van der Waals surface area contributed by atoms with Gasteiger partial charge in [0.25, 0.3) is 0 Å². The molecule has 1 N–H and O–H groups in total. The van der Waals surface area contributed by atoms with Gasteiger partial charge in [-0.15, -0.1) is 10.2 Å². The predicted molar refractivity (Wildman–Crippen MR) is 82.3 cm³/mol. The molecule has 20 heavy (non-hydrogen) atoms.